The molecule has 0 spiro atoms. The van der Waals surface area contributed by atoms with Crippen LogP contribution in [0.4, 0.5) is 29.2 Å². The molecular weight excluding hydrogens is 741 g/mol. The van der Waals surface area contributed by atoms with Crippen molar-refractivity contribution in [3.05, 3.63) is 76.9 Å². The Morgan fingerprint density at radius 1 is 1.05 bits per heavy atom. The molecule has 0 aliphatic carbocycles. The zero-order chi connectivity index (χ0) is 39.3. The predicted octanol–water partition coefficient (Wildman–Crippen LogP) is 4.28. The number of fused-ring (bicyclic) bond motifs is 1. The molecule has 296 valence electrons. The van der Waals surface area contributed by atoms with Crippen LogP contribution in [0.5, 0.6) is 0 Å². The Bertz CT molecular complexity index is 1870. The molecule has 3 aliphatic heterocycles. The Morgan fingerprint density at radius 3 is 2.42 bits per heavy atom. The number of piperazine rings is 1. The van der Waals surface area contributed by atoms with Gasteiger partial charge in [0.25, 0.3) is 5.91 Å². The van der Waals surface area contributed by atoms with E-state index in [2.05, 4.69) is 32.4 Å². The molecule has 3 aromatic rings. The Balaban J connectivity index is 0.969. The van der Waals surface area contributed by atoms with E-state index in [1.54, 1.807) is 6.07 Å². The Morgan fingerprint density at radius 2 is 1.76 bits per heavy atom. The monoisotopic (exact) mass is 786 g/mol. The molecule has 3 unspecified atom stereocenters. The van der Waals surface area contributed by atoms with E-state index in [1.165, 1.54) is 18.0 Å². The van der Waals surface area contributed by atoms with Crippen molar-refractivity contribution >= 4 is 40.7 Å². The summed E-state index contributed by atoms with van der Waals surface area (Å²) in [6.07, 6.45) is 0.142. The van der Waals surface area contributed by atoms with Crippen molar-refractivity contribution in [2.75, 3.05) is 63.1 Å². The summed E-state index contributed by atoms with van der Waals surface area (Å²) in [5.41, 5.74) is 1.52. The summed E-state index contributed by atoms with van der Waals surface area (Å²) in [5, 5.41) is 5.65. The van der Waals surface area contributed by atoms with E-state index in [1.807, 2.05) is 33.5 Å². The highest BCUT2D eigenvalue weighted by atomic mass is 32.2. The molecule has 2 N–H and O–H groups in total. The van der Waals surface area contributed by atoms with E-state index in [0.717, 1.165) is 48.9 Å². The largest absolute Gasteiger partial charge is 0.419 e. The van der Waals surface area contributed by atoms with Gasteiger partial charge >= 0.3 is 6.18 Å². The maximum absolute atomic E-state index is 15.4. The smallest absolute Gasteiger partial charge is 0.367 e. The Kier molecular flexibility index (Phi) is 12.8. The third-order valence-electron chi connectivity index (χ3n) is 10.5. The van der Waals surface area contributed by atoms with Gasteiger partial charge in [0.15, 0.2) is 0 Å². The van der Waals surface area contributed by atoms with Crippen molar-refractivity contribution < 1.29 is 36.2 Å². The number of hydrogen-bond acceptors (Lipinski definition) is 9. The minimum absolute atomic E-state index is 0.0434. The molecule has 0 bridgehead atoms. The van der Waals surface area contributed by atoms with Gasteiger partial charge in [0.1, 0.15) is 29.1 Å². The average Bonchev–Trinajstić information content (AvgIpc) is 3.48. The third-order valence-corrected chi connectivity index (χ3v) is 11.9. The summed E-state index contributed by atoms with van der Waals surface area (Å²) >= 11 is 0. The molecule has 4 heterocycles. The van der Waals surface area contributed by atoms with Crippen LogP contribution in [0.25, 0.3) is 0 Å². The molecule has 0 radical (unpaired) electrons. The van der Waals surface area contributed by atoms with E-state index in [4.69, 9.17) is 0 Å². The maximum atomic E-state index is 15.4. The topological polar surface area (TPSA) is 131 Å². The number of hydrogen-bond donors (Lipinski definition) is 2. The molecule has 1 aromatic heterocycles. The summed E-state index contributed by atoms with van der Waals surface area (Å²) in [6.45, 7) is 6.96. The van der Waals surface area contributed by atoms with Gasteiger partial charge in [0.2, 0.25) is 11.9 Å². The molecule has 0 saturated carbocycles. The first-order valence-corrected chi connectivity index (χ1v) is 19.6. The second-order valence-corrected chi connectivity index (χ2v) is 15.9. The van der Waals surface area contributed by atoms with Crippen molar-refractivity contribution in [1.29, 1.82) is 0 Å². The molecule has 55 heavy (non-hydrogen) atoms. The Labute approximate surface area is 320 Å². The highest BCUT2D eigenvalue weighted by Gasteiger charge is 2.37. The van der Waals surface area contributed by atoms with Crippen LogP contribution < -0.4 is 15.5 Å². The number of likely N-dealkylation sites (N-methyl/N-ethyl adjacent to an activating group) is 1. The standard InChI is InChI=1S/C38H46F4N8O4S/c1-25(17-26-5-3-6-30(18-26)55(54)49-10-8-29(9-11-49)46-37-44-21-28(22-45-37)38(40,41)42)23-47-12-14-48(15-13-47)34-19-27-24-50(36(53)31(27)20-32(34)39)33(7-4-16-51)35(52)43-2/h3,5-6,16,18-22,25,29,33H,4,7-15,17,23-24H2,1-2H3,(H,43,52)(H,44,45,46). The van der Waals surface area contributed by atoms with Crippen LogP contribution in [0, 0.1) is 11.7 Å². The number of nitrogens with zero attached hydrogens (tertiary/aromatic N) is 6. The lowest BCUT2D eigenvalue weighted by molar-refractivity contribution is -0.138. The lowest BCUT2D eigenvalue weighted by Crippen LogP contribution is -2.48. The van der Waals surface area contributed by atoms with Crippen LogP contribution in [-0.4, -0.2) is 111 Å². The minimum Gasteiger partial charge on any atom is -0.367 e. The molecule has 6 rings (SSSR count). The summed E-state index contributed by atoms with van der Waals surface area (Å²) in [7, 11) is 0.120. The molecule has 2 amide bonds. The van der Waals surface area contributed by atoms with Crippen LogP contribution in [-0.2, 0) is 39.7 Å². The van der Waals surface area contributed by atoms with Crippen LogP contribution in [0.15, 0.2) is 53.7 Å². The van der Waals surface area contributed by atoms with Crippen molar-refractivity contribution in [3.8, 4) is 0 Å². The number of rotatable bonds is 14. The predicted molar refractivity (Wildman–Crippen MR) is 199 cm³/mol. The van der Waals surface area contributed by atoms with Gasteiger partial charge < -0.3 is 25.2 Å². The number of alkyl halides is 3. The molecule has 3 atom stereocenters. The SMILES string of the molecule is CNC(=O)C(CCC=O)N1Cc2cc(N3CCN(CC(C)Cc4cccc(S(=O)N5CCC(Nc6ncc(C(F)(F)F)cn6)CC5)c4)CC3)c(F)cc2C1=O. The maximum Gasteiger partial charge on any atom is 0.419 e. The van der Waals surface area contributed by atoms with Gasteiger partial charge in [-0.15, -0.1) is 0 Å². The number of halogens is 4. The second kappa shape index (κ2) is 17.5. The number of nitrogens with one attached hydrogen (secondary N) is 2. The average molecular weight is 787 g/mol. The van der Waals surface area contributed by atoms with Crippen molar-refractivity contribution in [3.63, 3.8) is 0 Å². The molecule has 3 aliphatic rings. The first-order valence-electron chi connectivity index (χ1n) is 18.5. The van der Waals surface area contributed by atoms with Gasteiger partial charge in [-0.2, -0.15) is 13.2 Å². The number of carbonyl (C=O) groups is 3. The molecule has 2 saturated heterocycles. The van der Waals surface area contributed by atoms with Gasteiger partial charge in [-0.25, -0.2) is 22.9 Å². The highest BCUT2D eigenvalue weighted by Crippen LogP contribution is 2.33. The number of anilines is 2. The van der Waals surface area contributed by atoms with Gasteiger partial charge in [-0.1, -0.05) is 19.1 Å². The van der Waals surface area contributed by atoms with Crippen molar-refractivity contribution in [2.24, 2.45) is 5.92 Å². The molecule has 12 nitrogen and oxygen atoms in total. The van der Waals surface area contributed by atoms with E-state index in [-0.39, 0.29) is 42.8 Å². The van der Waals surface area contributed by atoms with Crippen LogP contribution >= 0.6 is 0 Å². The molecule has 2 fully saturated rings. The quantitative estimate of drug-likeness (QED) is 0.182. The number of aldehydes is 1. The molecule has 17 heteroatoms. The van der Waals surface area contributed by atoms with Gasteiger partial charge in [0.05, 0.1) is 16.1 Å². The fourth-order valence-corrected chi connectivity index (χ4v) is 8.85. The van der Waals surface area contributed by atoms with Gasteiger partial charge in [0, 0.05) is 89.8 Å². The first kappa shape index (κ1) is 40.2. The fourth-order valence-electron chi connectivity index (χ4n) is 7.57. The first-order chi connectivity index (χ1) is 26.3. The lowest BCUT2D eigenvalue weighted by atomic mass is 10.0. The zero-order valence-corrected chi connectivity index (χ0v) is 31.7. The van der Waals surface area contributed by atoms with Crippen LogP contribution in [0.1, 0.15) is 59.7 Å². The molecule has 2 aromatic carbocycles. The third kappa shape index (κ3) is 9.67. The summed E-state index contributed by atoms with van der Waals surface area (Å²) < 4.78 is 69.3. The zero-order valence-electron chi connectivity index (χ0n) is 30.9. The van der Waals surface area contributed by atoms with E-state index < -0.39 is 40.5 Å². The minimum atomic E-state index is -4.49. The molecular formula is C38H46F4N8O4S. The number of amides is 2. The highest BCUT2D eigenvalue weighted by molar-refractivity contribution is 7.82. The number of carbonyl (C=O) groups excluding carboxylic acids is 3. The lowest BCUT2D eigenvalue weighted by Gasteiger charge is -2.37. The number of aromatic nitrogens is 2. The summed E-state index contributed by atoms with van der Waals surface area (Å²) in [6, 6.07) is 9.95. The van der Waals surface area contributed by atoms with Crippen LogP contribution in [0.3, 0.4) is 0 Å². The van der Waals surface area contributed by atoms with Crippen molar-refractivity contribution in [2.45, 2.75) is 68.7 Å². The fraction of sp³-hybridized carbons (Fsp3) is 0.500. The van der Waals surface area contributed by atoms with E-state index in [0.29, 0.717) is 62.5 Å². The van der Waals surface area contributed by atoms with Crippen LogP contribution in [0.2, 0.25) is 0 Å². The van der Waals surface area contributed by atoms with Crippen molar-refractivity contribution in [1.82, 2.24) is 29.4 Å². The normalized spacial score (nSPS) is 18.8. The summed E-state index contributed by atoms with van der Waals surface area (Å²) in [4.78, 5) is 50.8. The van der Waals surface area contributed by atoms with Gasteiger partial charge in [-0.3, -0.25) is 14.5 Å². The van der Waals surface area contributed by atoms with E-state index in [9.17, 15) is 31.8 Å². The number of benzene rings is 2. The van der Waals surface area contributed by atoms with Gasteiger partial charge in [-0.05, 0) is 67.0 Å². The number of piperidine rings is 1. The second-order valence-electron chi connectivity index (χ2n) is 14.4. The summed E-state index contributed by atoms with van der Waals surface area (Å²) in [5.74, 6) is -0.824. The Hall–Kier alpha value is -4.48. The van der Waals surface area contributed by atoms with E-state index >= 15 is 4.39 Å².